The summed E-state index contributed by atoms with van der Waals surface area (Å²) in [6, 6.07) is 2.57. The zero-order valence-corrected chi connectivity index (χ0v) is 23.3. The van der Waals surface area contributed by atoms with Crippen molar-refractivity contribution >= 4 is 29.9 Å². The monoisotopic (exact) mass is 568 g/mol. The van der Waals surface area contributed by atoms with Crippen LogP contribution in [0.25, 0.3) is 0 Å². The molecular formula is C29H37FN6O5. The van der Waals surface area contributed by atoms with Crippen LogP contribution in [-0.4, -0.2) is 64.6 Å². The minimum absolute atomic E-state index is 0.00125. The number of nitrogens with zero attached hydrogens (tertiary/aromatic N) is 2. The standard InChI is InChI=1S/C29H37FN6O5/c1-18(2)14-23(27(39)34-22(17-37)10-7-20-4-3-11-33-26(20)38)35-28(40)24(15-19-5-8-21(30)9-6-19)36-29(41)25-16-31-12-13-32-25/h5-6,8-9,12-13,16-18,20,22-24H,3-4,7,10-11,14-15H2,1-2H3,(H,33,38)(H,34,39)(H,35,40)(H,36,41)/t20-,22-,23-,24?/m0/s1. The Morgan fingerprint density at radius 1 is 1.07 bits per heavy atom. The quantitative estimate of drug-likeness (QED) is 0.251. The van der Waals surface area contributed by atoms with Crippen LogP contribution < -0.4 is 21.3 Å². The number of aromatic nitrogens is 2. The molecular weight excluding hydrogens is 531 g/mol. The van der Waals surface area contributed by atoms with E-state index in [0.717, 1.165) is 12.8 Å². The summed E-state index contributed by atoms with van der Waals surface area (Å²) in [6.07, 6.45) is 7.27. The van der Waals surface area contributed by atoms with E-state index in [-0.39, 0.29) is 42.7 Å². The van der Waals surface area contributed by atoms with Crippen LogP contribution in [0.4, 0.5) is 4.39 Å². The smallest absolute Gasteiger partial charge is 0.272 e. The highest BCUT2D eigenvalue weighted by Gasteiger charge is 2.30. The number of carbonyl (C=O) groups excluding carboxylic acids is 5. The number of rotatable bonds is 14. The third kappa shape index (κ3) is 10.0. The summed E-state index contributed by atoms with van der Waals surface area (Å²) in [7, 11) is 0. The first-order valence-corrected chi connectivity index (χ1v) is 13.8. The normalized spacial score (nSPS) is 17.1. The Hall–Kier alpha value is -4.22. The van der Waals surface area contributed by atoms with E-state index in [4.69, 9.17) is 0 Å². The molecule has 0 spiro atoms. The molecule has 1 aliphatic heterocycles. The van der Waals surface area contributed by atoms with Crippen molar-refractivity contribution in [1.29, 1.82) is 0 Å². The fraction of sp³-hybridized carbons (Fsp3) is 0.483. The summed E-state index contributed by atoms with van der Waals surface area (Å²) in [6.45, 7) is 4.41. The van der Waals surface area contributed by atoms with Crippen molar-refractivity contribution in [3.05, 3.63) is 59.9 Å². The van der Waals surface area contributed by atoms with Crippen molar-refractivity contribution in [1.82, 2.24) is 31.2 Å². The van der Waals surface area contributed by atoms with Crippen molar-refractivity contribution in [3.8, 4) is 0 Å². The second kappa shape index (κ2) is 15.5. The highest BCUT2D eigenvalue weighted by atomic mass is 19.1. The maximum absolute atomic E-state index is 13.5. The van der Waals surface area contributed by atoms with Gasteiger partial charge in [-0.2, -0.15) is 0 Å². The van der Waals surface area contributed by atoms with E-state index in [9.17, 15) is 28.4 Å². The van der Waals surface area contributed by atoms with Crippen molar-refractivity contribution in [3.63, 3.8) is 0 Å². The Morgan fingerprint density at radius 3 is 2.44 bits per heavy atom. The Bertz CT molecular complexity index is 1190. The van der Waals surface area contributed by atoms with Crippen molar-refractivity contribution in [2.24, 2.45) is 11.8 Å². The molecule has 2 heterocycles. The zero-order valence-electron chi connectivity index (χ0n) is 23.3. The SMILES string of the molecule is CC(C)C[C@H](NC(=O)C(Cc1ccc(F)cc1)NC(=O)c1cnccn1)C(=O)N[C@H](C=O)CC[C@@H]1CCCNC1=O. The van der Waals surface area contributed by atoms with Gasteiger partial charge in [0.1, 0.15) is 29.9 Å². The fourth-order valence-electron chi connectivity index (χ4n) is 4.64. The number of aldehydes is 1. The summed E-state index contributed by atoms with van der Waals surface area (Å²) < 4.78 is 13.5. The number of piperidine rings is 1. The number of amides is 4. The zero-order chi connectivity index (χ0) is 29.8. The number of halogens is 1. The van der Waals surface area contributed by atoms with Crippen LogP contribution in [0.5, 0.6) is 0 Å². The highest BCUT2D eigenvalue weighted by molar-refractivity contribution is 5.97. The first-order valence-electron chi connectivity index (χ1n) is 13.8. The van der Waals surface area contributed by atoms with Gasteiger partial charge in [0.2, 0.25) is 17.7 Å². The number of carbonyl (C=O) groups is 5. The second-order valence-electron chi connectivity index (χ2n) is 10.6. The molecule has 1 unspecified atom stereocenters. The first kappa shape index (κ1) is 31.3. The number of hydrogen-bond acceptors (Lipinski definition) is 7. The molecule has 12 heteroatoms. The Labute approximate surface area is 238 Å². The van der Waals surface area contributed by atoms with Gasteiger partial charge in [0, 0.05) is 31.3 Å². The van der Waals surface area contributed by atoms with Gasteiger partial charge < -0.3 is 26.1 Å². The summed E-state index contributed by atoms with van der Waals surface area (Å²) in [4.78, 5) is 71.2. The van der Waals surface area contributed by atoms with E-state index in [1.807, 2.05) is 13.8 Å². The molecule has 1 aromatic heterocycles. The molecule has 1 fully saturated rings. The van der Waals surface area contributed by atoms with Gasteiger partial charge in [0.25, 0.3) is 5.91 Å². The Kier molecular flexibility index (Phi) is 11.9. The Balaban J connectivity index is 1.71. The minimum atomic E-state index is -1.12. The fourth-order valence-corrected chi connectivity index (χ4v) is 4.64. The number of nitrogens with one attached hydrogen (secondary N) is 4. The van der Waals surface area contributed by atoms with Gasteiger partial charge in [-0.3, -0.25) is 24.2 Å². The van der Waals surface area contributed by atoms with Crippen LogP contribution in [0, 0.1) is 17.7 Å². The average Bonchev–Trinajstić information content (AvgIpc) is 2.96. The molecule has 2 aromatic rings. The van der Waals surface area contributed by atoms with Crippen LogP contribution in [0.1, 0.15) is 62.0 Å². The lowest BCUT2D eigenvalue weighted by molar-refractivity contribution is -0.131. The molecule has 0 bridgehead atoms. The summed E-state index contributed by atoms with van der Waals surface area (Å²) >= 11 is 0. The van der Waals surface area contributed by atoms with E-state index < -0.39 is 41.7 Å². The molecule has 0 saturated carbocycles. The van der Waals surface area contributed by atoms with E-state index in [0.29, 0.717) is 24.8 Å². The van der Waals surface area contributed by atoms with Crippen LogP contribution in [0.2, 0.25) is 0 Å². The number of hydrogen-bond donors (Lipinski definition) is 4. The molecule has 1 aromatic carbocycles. The first-order chi connectivity index (χ1) is 19.7. The van der Waals surface area contributed by atoms with Gasteiger partial charge in [0.05, 0.1) is 12.2 Å². The summed E-state index contributed by atoms with van der Waals surface area (Å²) in [5, 5.41) is 10.9. The predicted molar refractivity (Wildman–Crippen MR) is 148 cm³/mol. The predicted octanol–water partition coefficient (Wildman–Crippen LogP) is 1.48. The lowest BCUT2D eigenvalue weighted by Crippen LogP contribution is -2.56. The maximum Gasteiger partial charge on any atom is 0.272 e. The maximum atomic E-state index is 13.5. The van der Waals surface area contributed by atoms with Gasteiger partial charge >= 0.3 is 0 Å². The van der Waals surface area contributed by atoms with Gasteiger partial charge in [-0.25, -0.2) is 9.37 Å². The molecule has 4 N–H and O–H groups in total. The van der Waals surface area contributed by atoms with Gasteiger partial charge in [-0.15, -0.1) is 0 Å². The van der Waals surface area contributed by atoms with E-state index in [1.165, 1.54) is 42.9 Å². The molecule has 3 rings (SSSR count). The highest BCUT2D eigenvalue weighted by Crippen LogP contribution is 2.18. The molecule has 1 saturated heterocycles. The molecule has 220 valence electrons. The summed E-state index contributed by atoms with van der Waals surface area (Å²) in [5.41, 5.74) is 0.588. The molecule has 4 amide bonds. The molecule has 0 radical (unpaired) electrons. The van der Waals surface area contributed by atoms with E-state index in [2.05, 4.69) is 31.2 Å². The van der Waals surface area contributed by atoms with Crippen LogP contribution >= 0.6 is 0 Å². The van der Waals surface area contributed by atoms with Crippen molar-refractivity contribution in [2.75, 3.05) is 6.54 Å². The molecule has 41 heavy (non-hydrogen) atoms. The van der Waals surface area contributed by atoms with Gasteiger partial charge in [-0.1, -0.05) is 26.0 Å². The van der Waals surface area contributed by atoms with Crippen LogP contribution in [-0.2, 0) is 25.6 Å². The van der Waals surface area contributed by atoms with E-state index >= 15 is 0 Å². The molecule has 1 aliphatic rings. The third-order valence-corrected chi connectivity index (χ3v) is 6.83. The van der Waals surface area contributed by atoms with Gasteiger partial charge in [-0.05, 0) is 55.7 Å². The Morgan fingerprint density at radius 2 is 1.80 bits per heavy atom. The topological polar surface area (TPSA) is 159 Å². The number of benzene rings is 1. The van der Waals surface area contributed by atoms with E-state index in [1.54, 1.807) is 0 Å². The van der Waals surface area contributed by atoms with Gasteiger partial charge in [0.15, 0.2) is 0 Å². The lowest BCUT2D eigenvalue weighted by Gasteiger charge is -2.26. The van der Waals surface area contributed by atoms with Crippen molar-refractivity contribution < 1.29 is 28.4 Å². The largest absolute Gasteiger partial charge is 0.356 e. The average molecular weight is 569 g/mol. The van der Waals surface area contributed by atoms with Crippen molar-refractivity contribution in [2.45, 2.75) is 70.5 Å². The van der Waals surface area contributed by atoms with Crippen LogP contribution in [0.15, 0.2) is 42.9 Å². The second-order valence-corrected chi connectivity index (χ2v) is 10.6. The summed E-state index contributed by atoms with van der Waals surface area (Å²) in [5.74, 6) is -2.51. The molecule has 11 nitrogen and oxygen atoms in total. The third-order valence-electron chi connectivity index (χ3n) is 6.83. The molecule has 0 aliphatic carbocycles. The minimum Gasteiger partial charge on any atom is -0.356 e. The lowest BCUT2D eigenvalue weighted by atomic mass is 9.92. The molecule has 4 atom stereocenters. The van der Waals surface area contributed by atoms with Crippen LogP contribution in [0.3, 0.4) is 0 Å².